The van der Waals surface area contributed by atoms with Crippen LogP contribution in [0.2, 0.25) is 0 Å². The zero-order valence-electron chi connectivity index (χ0n) is 12.1. The molecule has 0 aliphatic carbocycles. The van der Waals surface area contributed by atoms with E-state index in [0.717, 1.165) is 4.47 Å². The van der Waals surface area contributed by atoms with Crippen molar-refractivity contribution in [1.29, 1.82) is 0 Å². The molecule has 0 spiro atoms. The number of nitrogens with one attached hydrogen (secondary N) is 1. The summed E-state index contributed by atoms with van der Waals surface area (Å²) in [5.41, 5.74) is 0.401. The van der Waals surface area contributed by atoms with Crippen molar-refractivity contribution in [2.75, 3.05) is 0 Å². The van der Waals surface area contributed by atoms with Crippen LogP contribution in [0, 0.1) is 5.82 Å². The van der Waals surface area contributed by atoms with Crippen LogP contribution in [0.5, 0.6) is 0 Å². The lowest BCUT2D eigenvalue weighted by Gasteiger charge is -2.07. The van der Waals surface area contributed by atoms with Crippen molar-refractivity contribution in [3.8, 4) is 5.69 Å². The molecule has 0 atom stereocenters. The third kappa shape index (κ3) is 3.66. The first-order valence-corrected chi connectivity index (χ1v) is 9.02. The highest BCUT2D eigenvalue weighted by atomic mass is 79.9. The minimum atomic E-state index is -3.71. The predicted octanol–water partition coefficient (Wildman–Crippen LogP) is 2.04. The number of halogens is 2. The fourth-order valence-corrected chi connectivity index (χ4v) is 3.23. The Morgan fingerprint density at radius 3 is 2.62 bits per heavy atom. The Morgan fingerprint density at radius 2 is 1.92 bits per heavy atom. The molecule has 0 amide bonds. The van der Waals surface area contributed by atoms with Crippen LogP contribution in [0.25, 0.3) is 5.69 Å². The third-order valence-corrected chi connectivity index (χ3v) is 5.08. The summed E-state index contributed by atoms with van der Waals surface area (Å²) in [6, 6.07) is 11.9. The van der Waals surface area contributed by atoms with Gasteiger partial charge in [0.05, 0.1) is 17.1 Å². The molecule has 0 saturated carbocycles. The lowest BCUT2D eigenvalue weighted by molar-refractivity contribution is 0.577. The summed E-state index contributed by atoms with van der Waals surface area (Å²) in [5.74, 6) is -0.203. The second-order valence-electron chi connectivity index (χ2n) is 4.77. The number of aromatic nitrogens is 4. The van der Waals surface area contributed by atoms with Gasteiger partial charge in [-0.2, -0.15) is 4.68 Å². The number of rotatable bonds is 5. The van der Waals surface area contributed by atoms with Crippen LogP contribution in [0.1, 0.15) is 5.82 Å². The minimum Gasteiger partial charge on any atom is -0.207 e. The van der Waals surface area contributed by atoms with E-state index in [1.165, 1.54) is 35.0 Å². The Kier molecular flexibility index (Phi) is 4.69. The fraction of sp³-hybridized carbons (Fsp3) is 0.0714. The lowest BCUT2D eigenvalue weighted by atomic mass is 10.3. The van der Waals surface area contributed by atoms with Crippen molar-refractivity contribution < 1.29 is 12.8 Å². The van der Waals surface area contributed by atoms with Crippen molar-refractivity contribution in [2.24, 2.45) is 0 Å². The molecule has 0 saturated heterocycles. The van der Waals surface area contributed by atoms with Gasteiger partial charge in [0.1, 0.15) is 5.82 Å². The molecular weight excluding hydrogens is 401 g/mol. The average Bonchev–Trinajstić information content (AvgIpc) is 3.02. The van der Waals surface area contributed by atoms with Crippen LogP contribution in [0.3, 0.4) is 0 Å². The van der Waals surface area contributed by atoms with Crippen LogP contribution >= 0.6 is 15.9 Å². The number of hydrogen-bond donors (Lipinski definition) is 1. The van der Waals surface area contributed by atoms with Crippen LogP contribution in [0.4, 0.5) is 4.39 Å². The maximum absolute atomic E-state index is 13.3. The second kappa shape index (κ2) is 6.75. The van der Waals surface area contributed by atoms with E-state index in [9.17, 15) is 12.8 Å². The highest BCUT2D eigenvalue weighted by Crippen LogP contribution is 2.15. The summed E-state index contributed by atoms with van der Waals surface area (Å²) in [7, 11) is -3.71. The van der Waals surface area contributed by atoms with E-state index < -0.39 is 15.8 Å². The molecular formula is C14H11BrFN5O2S. The first kappa shape index (κ1) is 16.7. The SMILES string of the molecule is O=S(=O)(NCc1nnnn1-c1cccc(F)c1)c1ccc(Br)cc1. The Balaban J connectivity index is 1.81. The summed E-state index contributed by atoms with van der Waals surface area (Å²) < 4.78 is 42.3. The molecule has 1 heterocycles. The van der Waals surface area contributed by atoms with E-state index >= 15 is 0 Å². The summed E-state index contributed by atoms with van der Waals surface area (Å²) in [4.78, 5) is 0.121. The van der Waals surface area contributed by atoms with E-state index in [1.54, 1.807) is 18.2 Å². The van der Waals surface area contributed by atoms with Crippen molar-refractivity contribution in [2.45, 2.75) is 11.4 Å². The molecule has 0 unspecified atom stereocenters. The maximum atomic E-state index is 13.3. The van der Waals surface area contributed by atoms with E-state index in [0.29, 0.717) is 5.69 Å². The Hall–Kier alpha value is -2.17. The zero-order chi connectivity index (χ0) is 17.2. The zero-order valence-corrected chi connectivity index (χ0v) is 14.5. The van der Waals surface area contributed by atoms with E-state index in [4.69, 9.17) is 0 Å². The van der Waals surface area contributed by atoms with E-state index in [1.807, 2.05) is 0 Å². The van der Waals surface area contributed by atoms with Gasteiger partial charge in [-0.3, -0.25) is 0 Å². The Labute approximate surface area is 145 Å². The molecule has 7 nitrogen and oxygen atoms in total. The topological polar surface area (TPSA) is 89.8 Å². The molecule has 0 aliphatic rings. The van der Waals surface area contributed by atoms with Gasteiger partial charge in [-0.25, -0.2) is 17.5 Å². The van der Waals surface area contributed by atoms with Gasteiger partial charge in [0.15, 0.2) is 5.82 Å². The van der Waals surface area contributed by atoms with Crippen LogP contribution < -0.4 is 4.72 Å². The molecule has 2 aromatic carbocycles. The largest absolute Gasteiger partial charge is 0.240 e. The second-order valence-corrected chi connectivity index (χ2v) is 7.45. The van der Waals surface area contributed by atoms with E-state index in [-0.39, 0.29) is 17.3 Å². The van der Waals surface area contributed by atoms with Crippen LogP contribution in [-0.2, 0) is 16.6 Å². The minimum absolute atomic E-state index is 0.121. The van der Waals surface area contributed by atoms with Gasteiger partial charge in [-0.05, 0) is 52.9 Å². The Bertz CT molecular complexity index is 959. The first-order chi connectivity index (χ1) is 11.5. The van der Waals surface area contributed by atoms with Crippen LogP contribution in [-0.4, -0.2) is 28.6 Å². The van der Waals surface area contributed by atoms with Crippen molar-refractivity contribution in [3.05, 3.63) is 64.6 Å². The van der Waals surface area contributed by atoms with Crippen molar-refractivity contribution in [3.63, 3.8) is 0 Å². The average molecular weight is 412 g/mol. The van der Waals surface area contributed by atoms with Gasteiger partial charge < -0.3 is 0 Å². The highest BCUT2D eigenvalue weighted by molar-refractivity contribution is 9.10. The number of nitrogens with zero attached hydrogens (tertiary/aromatic N) is 4. The monoisotopic (exact) mass is 411 g/mol. The van der Waals surface area contributed by atoms with Crippen molar-refractivity contribution >= 4 is 26.0 Å². The van der Waals surface area contributed by atoms with Gasteiger partial charge in [-0.1, -0.05) is 22.0 Å². The summed E-state index contributed by atoms with van der Waals surface area (Å²) in [6.45, 7) is -0.137. The van der Waals surface area contributed by atoms with Crippen LogP contribution in [0.15, 0.2) is 57.9 Å². The third-order valence-electron chi connectivity index (χ3n) is 3.13. The number of benzene rings is 2. The van der Waals surface area contributed by atoms with Gasteiger partial charge in [0.25, 0.3) is 0 Å². The maximum Gasteiger partial charge on any atom is 0.240 e. The van der Waals surface area contributed by atoms with Gasteiger partial charge >= 0.3 is 0 Å². The molecule has 124 valence electrons. The molecule has 0 fully saturated rings. The number of tetrazole rings is 1. The molecule has 24 heavy (non-hydrogen) atoms. The number of sulfonamides is 1. The molecule has 0 bridgehead atoms. The molecule has 10 heteroatoms. The summed E-state index contributed by atoms with van der Waals surface area (Å²) >= 11 is 3.25. The molecule has 1 aromatic heterocycles. The normalized spacial score (nSPS) is 11.6. The quantitative estimate of drug-likeness (QED) is 0.693. The molecule has 0 radical (unpaired) electrons. The predicted molar refractivity (Wildman–Crippen MR) is 87.3 cm³/mol. The Morgan fingerprint density at radius 1 is 1.17 bits per heavy atom. The summed E-state index contributed by atoms with van der Waals surface area (Å²) in [5, 5.41) is 11.1. The number of hydrogen-bond acceptors (Lipinski definition) is 5. The fourth-order valence-electron chi connectivity index (χ4n) is 1.98. The first-order valence-electron chi connectivity index (χ1n) is 6.74. The van der Waals surface area contributed by atoms with Crippen molar-refractivity contribution in [1.82, 2.24) is 24.9 Å². The van der Waals surface area contributed by atoms with Gasteiger partial charge in [0, 0.05) is 4.47 Å². The standard InChI is InChI=1S/C14H11BrFN5O2S/c15-10-4-6-13(7-5-10)24(22,23)17-9-14-18-19-20-21(14)12-3-1-2-11(16)8-12/h1-8,17H,9H2. The molecule has 0 aliphatic heterocycles. The molecule has 1 N–H and O–H groups in total. The van der Waals surface area contributed by atoms with E-state index in [2.05, 4.69) is 36.2 Å². The molecule has 3 rings (SSSR count). The van der Waals surface area contributed by atoms with Gasteiger partial charge in [0.2, 0.25) is 10.0 Å². The highest BCUT2D eigenvalue weighted by Gasteiger charge is 2.16. The summed E-state index contributed by atoms with van der Waals surface area (Å²) in [6.07, 6.45) is 0. The lowest BCUT2D eigenvalue weighted by Crippen LogP contribution is -2.25. The van der Waals surface area contributed by atoms with Gasteiger partial charge in [-0.15, -0.1) is 5.10 Å². The molecule has 3 aromatic rings. The smallest absolute Gasteiger partial charge is 0.207 e.